The first-order chi connectivity index (χ1) is 27.0. The van der Waals surface area contributed by atoms with Gasteiger partial charge in [0.1, 0.15) is 104 Å². The van der Waals surface area contributed by atoms with Gasteiger partial charge < -0.3 is 124 Å². The van der Waals surface area contributed by atoms with Gasteiger partial charge in [0.25, 0.3) is 0 Å². The van der Waals surface area contributed by atoms with E-state index in [2.05, 4.69) is 0 Å². The second-order valence-electron chi connectivity index (χ2n) is 13.7. The molecule has 4 fully saturated rings. The zero-order valence-corrected chi connectivity index (χ0v) is 29.6. The molecular formula is C31H48O26. The van der Waals surface area contributed by atoms with Crippen LogP contribution < -0.4 is 0 Å². The molecule has 26 nitrogen and oxygen atoms in total. The zero-order chi connectivity index (χ0) is 41.9. The first-order valence-corrected chi connectivity index (χ1v) is 17.6. The first kappa shape index (κ1) is 45.9. The van der Waals surface area contributed by atoms with Crippen LogP contribution in [-0.4, -0.2) is 252 Å². The first-order valence-electron chi connectivity index (χ1n) is 17.6. The monoisotopic (exact) mass is 836 g/mol. The summed E-state index contributed by atoms with van der Waals surface area (Å²) < 4.78 is 54.2. The van der Waals surface area contributed by atoms with Gasteiger partial charge in [0.2, 0.25) is 12.0 Å². The summed E-state index contributed by atoms with van der Waals surface area (Å²) >= 11 is 0. The highest BCUT2D eigenvalue weighted by molar-refractivity contribution is 5.84. The van der Waals surface area contributed by atoms with Crippen molar-refractivity contribution in [3.8, 4) is 0 Å². The molecule has 0 aliphatic carbocycles. The number of aliphatic hydroxyl groups excluding tert-OH is 13. The highest BCUT2D eigenvalue weighted by Crippen LogP contribution is 2.31. The molecule has 57 heavy (non-hydrogen) atoms. The highest BCUT2D eigenvalue weighted by atomic mass is 16.8. The molecule has 5 rings (SSSR count). The summed E-state index contributed by atoms with van der Waals surface area (Å²) in [6.45, 7) is -3.05. The maximum absolute atomic E-state index is 11.4. The van der Waals surface area contributed by atoms with Gasteiger partial charge in [-0.15, -0.1) is 0 Å². The van der Waals surface area contributed by atoms with Crippen molar-refractivity contribution in [2.24, 2.45) is 0 Å². The van der Waals surface area contributed by atoms with Crippen molar-refractivity contribution in [2.45, 2.75) is 135 Å². The molecule has 0 unspecified atom stereocenters. The summed E-state index contributed by atoms with van der Waals surface area (Å²) in [4.78, 5) is 22.1. The maximum atomic E-state index is 11.4. The third kappa shape index (κ3) is 10.4. The summed E-state index contributed by atoms with van der Waals surface area (Å²) in [5, 5.41) is 144. The number of carbonyl (C=O) groups excluding carboxylic acids is 1. The third-order valence-electron chi connectivity index (χ3n) is 9.72. The zero-order valence-electron chi connectivity index (χ0n) is 29.6. The van der Waals surface area contributed by atoms with E-state index in [0.29, 0.717) is 6.08 Å². The predicted molar refractivity (Wildman–Crippen MR) is 169 cm³/mol. The fourth-order valence-corrected chi connectivity index (χ4v) is 6.30. The Hall–Kier alpha value is -2.20. The number of aliphatic carboxylic acids is 1. The minimum absolute atomic E-state index is 0.00893. The van der Waals surface area contributed by atoms with E-state index < -0.39 is 180 Å². The fraction of sp³-hybridized carbons (Fsp3) is 0.871. The van der Waals surface area contributed by atoms with E-state index in [0.717, 1.165) is 0 Å². The average Bonchev–Trinajstić information content (AvgIpc) is 3.19. The molecule has 328 valence electrons. The van der Waals surface area contributed by atoms with Crippen LogP contribution in [-0.2, 0) is 57.0 Å². The second kappa shape index (κ2) is 19.9. The summed E-state index contributed by atoms with van der Waals surface area (Å²) in [5.74, 6) is -2.40. The Labute approximate surface area is 321 Å². The van der Waals surface area contributed by atoms with Gasteiger partial charge in [-0.3, -0.25) is 0 Å². The third-order valence-corrected chi connectivity index (χ3v) is 9.72. The Morgan fingerprint density at radius 1 is 0.649 bits per heavy atom. The van der Waals surface area contributed by atoms with Crippen LogP contribution in [0.2, 0.25) is 0 Å². The summed E-state index contributed by atoms with van der Waals surface area (Å²) in [5.41, 5.74) is 0. The SMILES string of the molecule is O=C[C@H](O)[C@@H](O)[C@@H](CO)O[C@@H]1OC[C@@H](O[C@@H]2OC[C@@H](O[C@@H]3OC[C@@H](O[C@@H]4OC[C@@H](O)[C@H](O)[C@H]4O[C@H]4OC(C(=O)O)=C[C@H](O)[C@H]4O)[C@H](O)[C@H]3O)[C@H](O)[C@H]2O)[C@H](O)[C@H]1O. The maximum Gasteiger partial charge on any atom is 0.371 e. The Morgan fingerprint density at radius 3 is 1.61 bits per heavy atom. The van der Waals surface area contributed by atoms with Crippen molar-refractivity contribution >= 4 is 12.3 Å². The highest BCUT2D eigenvalue weighted by Gasteiger charge is 2.51. The van der Waals surface area contributed by atoms with Gasteiger partial charge in [-0.1, -0.05) is 0 Å². The van der Waals surface area contributed by atoms with E-state index >= 15 is 0 Å². The smallest absolute Gasteiger partial charge is 0.371 e. The molecule has 0 bridgehead atoms. The lowest BCUT2D eigenvalue weighted by atomic mass is 10.0. The Balaban J connectivity index is 1.12. The van der Waals surface area contributed by atoms with E-state index in [4.69, 9.17) is 47.4 Å². The van der Waals surface area contributed by atoms with Gasteiger partial charge >= 0.3 is 5.97 Å². The molecule has 0 amide bonds. The van der Waals surface area contributed by atoms with Crippen LogP contribution in [0, 0.1) is 0 Å². The van der Waals surface area contributed by atoms with Crippen LogP contribution >= 0.6 is 0 Å². The Morgan fingerprint density at radius 2 is 1.12 bits per heavy atom. The molecule has 5 aliphatic rings. The van der Waals surface area contributed by atoms with Gasteiger partial charge in [0, 0.05) is 0 Å². The normalized spacial score (nSPS) is 45.9. The van der Waals surface area contributed by atoms with Gasteiger partial charge in [0.15, 0.2) is 31.4 Å². The molecule has 22 atom stereocenters. The topological polar surface area (TPSA) is 410 Å². The number of hydrogen-bond acceptors (Lipinski definition) is 25. The minimum atomic E-state index is -1.94. The van der Waals surface area contributed by atoms with Gasteiger partial charge in [-0.25, -0.2) is 4.79 Å². The summed E-state index contributed by atoms with van der Waals surface area (Å²) in [6.07, 6.45) is -37.5. The van der Waals surface area contributed by atoms with Crippen LogP contribution in [0.25, 0.3) is 0 Å². The molecule has 0 aromatic carbocycles. The second-order valence-corrected chi connectivity index (χ2v) is 13.7. The van der Waals surface area contributed by atoms with Gasteiger partial charge in [-0.05, 0) is 6.08 Å². The van der Waals surface area contributed by atoms with Crippen molar-refractivity contribution in [3.63, 3.8) is 0 Å². The molecule has 0 aromatic heterocycles. The average molecular weight is 837 g/mol. The Kier molecular flexibility index (Phi) is 16.0. The Bertz CT molecular complexity index is 1340. The fourth-order valence-electron chi connectivity index (χ4n) is 6.30. The van der Waals surface area contributed by atoms with Crippen molar-refractivity contribution in [1.29, 1.82) is 0 Å². The van der Waals surface area contributed by atoms with Crippen molar-refractivity contribution < 1.29 is 128 Å². The lowest BCUT2D eigenvalue weighted by Gasteiger charge is -2.45. The van der Waals surface area contributed by atoms with E-state index in [1.165, 1.54) is 0 Å². The van der Waals surface area contributed by atoms with Crippen molar-refractivity contribution in [3.05, 3.63) is 11.8 Å². The molecule has 5 aliphatic heterocycles. The quantitative estimate of drug-likeness (QED) is 0.0681. The van der Waals surface area contributed by atoms with Crippen LogP contribution in [0.5, 0.6) is 0 Å². The van der Waals surface area contributed by atoms with E-state index in [9.17, 15) is 81.1 Å². The standard InChI is InChI=1S/C31H48O26/c32-2-9(35)16(37)12(3-33)53-27-22(43)19(40)13(5-49-27)54-28-23(44)20(41)14(6-50-28)55-29-24(45)21(42)15(7-51-29)56-31-25(17(38)10(36)4-48-31)57-30-18(39)8(34)1-11(52-30)26(46)47/h1-2,8-10,12-25,27-31,33-45H,3-7H2,(H,46,47)/t8-,9-,10+,12+,13+,14+,15+,16+,17-,18+,19-,20-,21-,22+,23+,24+,25+,27-,28-,29-,30+,31-/m0/s1. The molecule has 0 aromatic rings. The number of carboxylic acids is 1. The number of carbonyl (C=O) groups is 2. The number of hydrogen-bond donors (Lipinski definition) is 14. The number of aliphatic hydroxyl groups is 13. The van der Waals surface area contributed by atoms with Gasteiger partial charge in [-0.2, -0.15) is 0 Å². The number of carboxylic acid groups (broad SMARTS) is 1. The molecule has 5 heterocycles. The number of aldehydes is 1. The summed E-state index contributed by atoms with van der Waals surface area (Å²) in [6, 6.07) is 0. The predicted octanol–water partition coefficient (Wildman–Crippen LogP) is -9.82. The molecule has 14 N–H and O–H groups in total. The van der Waals surface area contributed by atoms with Crippen LogP contribution in [0.3, 0.4) is 0 Å². The van der Waals surface area contributed by atoms with E-state index in [1.807, 2.05) is 0 Å². The number of ether oxygens (including phenoxy) is 10. The largest absolute Gasteiger partial charge is 0.475 e. The van der Waals surface area contributed by atoms with Gasteiger partial charge in [0.05, 0.1) is 33.0 Å². The number of rotatable bonds is 15. The molecule has 0 saturated carbocycles. The van der Waals surface area contributed by atoms with Crippen molar-refractivity contribution in [2.75, 3.05) is 33.0 Å². The summed E-state index contributed by atoms with van der Waals surface area (Å²) in [7, 11) is 0. The van der Waals surface area contributed by atoms with Crippen LogP contribution in [0.15, 0.2) is 11.8 Å². The molecule has 4 saturated heterocycles. The molecular weight excluding hydrogens is 788 g/mol. The van der Waals surface area contributed by atoms with Crippen LogP contribution in [0.4, 0.5) is 0 Å². The molecule has 0 radical (unpaired) electrons. The molecule has 0 spiro atoms. The molecule has 26 heteroatoms. The lowest BCUT2D eigenvalue weighted by molar-refractivity contribution is -0.366. The minimum Gasteiger partial charge on any atom is -0.475 e. The lowest BCUT2D eigenvalue weighted by Crippen LogP contribution is -2.63. The van der Waals surface area contributed by atoms with Crippen LogP contribution in [0.1, 0.15) is 0 Å². The van der Waals surface area contributed by atoms with E-state index in [-0.39, 0.29) is 6.29 Å². The van der Waals surface area contributed by atoms with E-state index in [1.54, 1.807) is 0 Å². The van der Waals surface area contributed by atoms with Crippen molar-refractivity contribution in [1.82, 2.24) is 0 Å².